The Balaban J connectivity index is 1.67. The molecule has 1 aromatic heterocycles. The van der Waals surface area contributed by atoms with Crippen LogP contribution in [0.15, 0.2) is 71.3 Å². The highest BCUT2D eigenvalue weighted by molar-refractivity contribution is 5.77. The largest absolute Gasteiger partial charge is 0.493 e. The first-order chi connectivity index (χ1) is 13.2. The average molecular weight is 365 g/mol. The monoisotopic (exact) mass is 365 g/mol. The zero-order valence-corrected chi connectivity index (χ0v) is 15.5. The number of carbonyl (C=O) groups is 1. The SMILES string of the molecule is COc1ccc(CCC(=O)NC(c2ccccc2)c2ccco2)cc1OC. The number of ether oxygens (including phenoxy) is 2. The zero-order chi connectivity index (χ0) is 19.1. The van der Waals surface area contributed by atoms with E-state index in [9.17, 15) is 4.79 Å². The molecule has 1 atom stereocenters. The van der Waals surface area contributed by atoms with Crippen molar-refractivity contribution in [3.8, 4) is 11.5 Å². The van der Waals surface area contributed by atoms with Gasteiger partial charge in [0.05, 0.1) is 20.5 Å². The molecule has 0 aliphatic heterocycles. The van der Waals surface area contributed by atoms with Crippen molar-refractivity contribution in [2.75, 3.05) is 14.2 Å². The van der Waals surface area contributed by atoms with Crippen LogP contribution in [-0.2, 0) is 11.2 Å². The van der Waals surface area contributed by atoms with Crippen LogP contribution in [0.3, 0.4) is 0 Å². The van der Waals surface area contributed by atoms with Gasteiger partial charge in [0.15, 0.2) is 11.5 Å². The minimum Gasteiger partial charge on any atom is -0.493 e. The van der Waals surface area contributed by atoms with E-state index in [1.165, 1.54) is 0 Å². The standard InChI is InChI=1S/C22H23NO4/c1-25-18-12-10-16(15-20(18)26-2)11-13-21(24)23-22(19-9-6-14-27-19)17-7-4-3-5-8-17/h3-10,12,14-15,22H,11,13H2,1-2H3,(H,23,24). The summed E-state index contributed by atoms with van der Waals surface area (Å²) in [5.41, 5.74) is 1.99. The van der Waals surface area contributed by atoms with Crippen molar-refractivity contribution in [2.24, 2.45) is 0 Å². The summed E-state index contributed by atoms with van der Waals surface area (Å²) in [6.45, 7) is 0. The molecule has 0 fully saturated rings. The van der Waals surface area contributed by atoms with Crippen LogP contribution < -0.4 is 14.8 Å². The van der Waals surface area contributed by atoms with Gasteiger partial charge in [-0.1, -0.05) is 36.4 Å². The first-order valence-electron chi connectivity index (χ1n) is 8.80. The van der Waals surface area contributed by atoms with Crippen LogP contribution in [0, 0.1) is 0 Å². The van der Waals surface area contributed by atoms with E-state index in [4.69, 9.17) is 13.9 Å². The van der Waals surface area contributed by atoms with E-state index < -0.39 is 0 Å². The number of hydrogen-bond acceptors (Lipinski definition) is 4. The number of rotatable bonds is 8. The summed E-state index contributed by atoms with van der Waals surface area (Å²) in [5, 5.41) is 3.07. The molecule has 1 amide bonds. The summed E-state index contributed by atoms with van der Waals surface area (Å²) in [6, 6.07) is 18.9. The van der Waals surface area contributed by atoms with Crippen LogP contribution in [0.25, 0.3) is 0 Å². The number of amides is 1. The van der Waals surface area contributed by atoms with E-state index in [0.29, 0.717) is 30.1 Å². The lowest BCUT2D eigenvalue weighted by molar-refractivity contribution is -0.121. The average Bonchev–Trinajstić information content (AvgIpc) is 3.25. The van der Waals surface area contributed by atoms with Crippen molar-refractivity contribution in [3.63, 3.8) is 0 Å². The molecule has 0 spiro atoms. The molecular formula is C22H23NO4. The Morgan fingerprint density at radius 1 is 1.00 bits per heavy atom. The van der Waals surface area contributed by atoms with Gasteiger partial charge in [-0.3, -0.25) is 4.79 Å². The minimum atomic E-state index is -0.306. The van der Waals surface area contributed by atoms with Crippen molar-refractivity contribution in [3.05, 3.63) is 83.8 Å². The van der Waals surface area contributed by atoms with E-state index in [2.05, 4.69) is 5.32 Å². The van der Waals surface area contributed by atoms with Crippen LogP contribution >= 0.6 is 0 Å². The highest BCUT2D eigenvalue weighted by Gasteiger charge is 2.19. The van der Waals surface area contributed by atoms with E-state index in [0.717, 1.165) is 11.1 Å². The molecule has 1 N–H and O–H groups in total. The van der Waals surface area contributed by atoms with Crippen LogP contribution in [-0.4, -0.2) is 20.1 Å². The van der Waals surface area contributed by atoms with Crippen LogP contribution in [0.1, 0.15) is 29.3 Å². The molecule has 0 saturated carbocycles. The number of carbonyl (C=O) groups excluding carboxylic acids is 1. The highest BCUT2D eigenvalue weighted by Crippen LogP contribution is 2.28. The van der Waals surface area contributed by atoms with Gasteiger partial charge in [-0.15, -0.1) is 0 Å². The second-order valence-corrected chi connectivity index (χ2v) is 6.12. The Kier molecular flexibility index (Phi) is 6.15. The maximum atomic E-state index is 12.6. The van der Waals surface area contributed by atoms with E-state index in [1.54, 1.807) is 20.5 Å². The summed E-state index contributed by atoms with van der Waals surface area (Å²) < 4.78 is 16.1. The molecule has 0 aliphatic carbocycles. The Labute approximate surface area is 158 Å². The number of nitrogens with one attached hydrogen (secondary N) is 1. The van der Waals surface area contributed by atoms with Crippen molar-refractivity contribution in [1.29, 1.82) is 0 Å². The molecule has 2 aromatic carbocycles. The second-order valence-electron chi connectivity index (χ2n) is 6.12. The predicted molar refractivity (Wildman–Crippen MR) is 103 cm³/mol. The topological polar surface area (TPSA) is 60.7 Å². The summed E-state index contributed by atoms with van der Waals surface area (Å²) >= 11 is 0. The van der Waals surface area contributed by atoms with Crippen molar-refractivity contribution < 1.29 is 18.7 Å². The van der Waals surface area contributed by atoms with Gasteiger partial charge in [-0.25, -0.2) is 0 Å². The summed E-state index contributed by atoms with van der Waals surface area (Å²) in [5.74, 6) is 2.00. The molecule has 1 unspecified atom stereocenters. The Hall–Kier alpha value is -3.21. The van der Waals surface area contributed by atoms with Crippen LogP contribution in [0.5, 0.6) is 11.5 Å². The molecule has 0 bridgehead atoms. The van der Waals surface area contributed by atoms with Crippen molar-refractivity contribution >= 4 is 5.91 Å². The molecule has 0 saturated heterocycles. The predicted octanol–water partition coefficient (Wildman–Crippen LogP) is 4.14. The van der Waals surface area contributed by atoms with Gasteiger partial charge in [-0.2, -0.15) is 0 Å². The van der Waals surface area contributed by atoms with Gasteiger partial charge in [-0.05, 0) is 41.8 Å². The third-order valence-electron chi connectivity index (χ3n) is 4.35. The lowest BCUT2D eigenvalue weighted by Gasteiger charge is -2.17. The molecule has 3 rings (SSSR count). The maximum absolute atomic E-state index is 12.6. The van der Waals surface area contributed by atoms with Gasteiger partial charge in [0.25, 0.3) is 0 Å². The fourth-order valence-corrected chi connectivity index (χ4v) is 2.95. The Morgan fingerprint density at radius 3 is 2.44 bits per heavy atom. The Morgan fingerprint density at radius 2 is 1.78 bits per heavy atom. The highest BCUT2D eigenvalue weighted by atomic mass is 16.5. The van der Waals surface area contributed by atoms with Gasteiger partial charge in [0.1, 0.15) is 11.8 Å². The number of methoxy groups -OCH3 is 2. The lowest BCUT2D eigenvalue weighted by Crippen LogP contribution is -2.29. The first kappa shape index (κ1) is 18.6. The fraction of sp³-hybridized carbons (Fsp3) is 0.227. The first-order valence-corrected chi connectivity index (χ1v) is 8.80. The molecule has 27 heavy (non-hydrogen) atoms. The van der Waals surface area contributed by atoms with Crippen LogP contribution in [0.4, 0.5) is 0 Å². The molecule has 0 aliphatic rings. The molecular weight excluding hydrogens is 342 g/mol. The normalized spacial score (nSPS) is 11.6. The third-order valence-corrected chi connectivity index (χ3v) is 4.35. The molecule has 3 aromatic rings. The fourth-order valence-electron chi connectivity index (χ4n) is 2.95. The quantitative estimate of drug-likeness (QED) is 0.652. The maximum Gasteiger partial charge on any atom is 0.221 e. The smallest absolute Gasteiger partial charge is 0.221 e. The van der Waals surface area contributed by atoms with Gasteiger partial charge in [0, 0.05) is 6.42 Å². The second kappa shape index (κ2) is 8.94. The summed E-state index contributed by atoms with van der Waals surface area (Å²) in [7, 11) is 3.20. The van der Waals surface area contributed by atoms with Gasteiger partial charge < -0.3 is 19.2 Å². The molecule has 1 heterocycles. The third kappa shape index (κ3) is 4.70. The molecule has 140 valence electrons. The zero-order valence-electron chi connectivity index (χ0n) is 15.5. The van der Waals surface area contributed by atoms with Crippen molar-refractivity contribution in [1.82, 2.24) is 5.32 Å². The molecule has 5 heteroatoms. The van der Waals surface area contributed by atoms with E-state index >= 15 is 0 Å². The number of furan rings is 1. The lowest BCUT2D eigenvalue weighted by atomic mass is 10.0. The number of aryl methyl sites for hydroxylation is 1. The van der Waals surface area contributed by atoms with E-state index in [1.807, 2.05) is 60.7 Å². The van der Waals surface area contributed by atoms with Crippen molar-refractivity contribution in [2.45, 2.75) is 18.9 Å². The van der Waals surface area contributed by atoms with E-state index in [-0.39, 0.29) is 11.9 Å². The van der Waals surface area contributed by atoms with Gasteiger partial charge in [0.2, 0.25) is 5.91 Å². The Bertz CT molecular complexity index is 859. The van der Waals surface area contributed by atoms with Gasteiger partial charge >= 0.3 is 0 Å². The molecule has 5 nitrogen and oxygen atoms in total. The summed E-state index contributed by atoms with van der Waals surface area (Å²) in [6.07, 6.45) is 2.58. The number of hydrogen-bond donors (Lipinski definition) is 1. The van der Waals surface area contributed by atoms with Crippen LogP contribution in [0.2, 0.25) is 0 Å². The number of benzene rings is 2. The summed E-state index contributed by atoms with van der Waals surface area (Å²) in [4.78, 5) is 12.6. The molecule has 0 radical (unpaired) electrons. The minimum absolute atomic E-state index is 0.0463.